The smallest absolute Gasteiger partial charge is 0.0853 e. The van der Waals surface area contributed by atoms with Crippen molar-refractivity contribution in [3.63, 3.8) is 0 Å². The molecule has 1 aliphatic heterocycles. The molecule has 0 aromatic heterocycles. The molecule has 0 radical (unpaired) electrons. The monoisotopic (exact) mass is 127 g/mol. The lowest BCUT2D eigenvalue weighted by atomic mass is 10.3. The minimum atomic E-state index is -0.110. The Labute approximate surface area is 53.5 Å². The standard InChI is InChI=1S/C6H9NO2/c8-5-6-3-1-2-4-7(6)9/h1-3,8-9H,4-5H2. The summed E-state index contributed by atoms with van der Waals surface area (Å²) in [6.07, 6.45) is 5.28. The van der Waals surface area contributed by atoms with E-state index in [4.69, 9.17) is 10.3 Å². The summed E-state index contributed by atoms with van der Waals surface area (Å²) in [5.41, 5.74) is 0.539. The van der Waals surface area contributed by atoms with Crippen molar-refractivity contribution in [3.8, 4) is 0 Å². The molecule has 1 rings (SSSR count). The van der Waals surface area contributed by atoms with Crippen LogP contribution in [-0.4, -0.2) is 28.5 Å². The summed E-state index contributed by atoms with van der Waals surface area (Å²) >= 11 is 0. The van der Waals surface area contributed by atoms with Crippen LogP contribution in [0.5, 0.6) is 0 Å². The Balaban J connectivity index is 2.63. The SMILES string of the molecule is OCC1=CC=CCN1O. The van der Waals surface area contributed by atoms with Crippen molar-refractivity contribution in [2.24, 2.45) is 0 Å². The van der Waals surface area contributed by atoms with Crippen molar-refractivity contribution in [3.05, 3.63) is 23.9 Å². The van der Waals surface area contributed by atoms with E-state index in [0.717, 1.165) is 5.06 Å². The molecular formula is C6H9NO2. The maximum absolute atomic E-state index is 8.92. The molecule has 0 fully saturated rings. The van der Waals surface area contributed by atoms with Crippen molar-refractivity contribution in [2.45, 2.75) is 0 Å². The number of hydrogen-bond donors (Lipinski definition) is 2. The van der Waals surface area contributed by atoms with Crippen molar-refractivity contribution in [2.75, 3.05) is 13.2 Å². The van der Waals surface area contributed by atoms with Gasteiger partial charge in [-0.15, -0.1) is 0 Å². The fourth-order valence-corrected chi connectivity index (χ4v) is 0.677. The molecule has 1 aliphatic rings. The predicted octanol–water partition coefficient (Wildman–Crippen LogP) is 0.124. The zero-order valence-electron chi connectivity index (χ0n) is 4.99. The molecule has 0 bridgehead atoms. The normalized spacial score (nSPS) is 18.0. The average molecular weight is 127 g/mol. The van der Waals surface area contributed by atoms with Gasteiger partial charge in [0.05, 0.1) is 18.8 Å². The summed E-state index contributed by atoms with van der Waals surface area (Å²) in [6, 6.07) is 0. The maximum Gasteiger partial charge on any atom is 0.0853 e. The largest absolute Gasteiger partial charge is 0.390 e. The Kier molecular flexibility index (Phi) is 1.87. The Hall–Kier alpha value is -0.800. The van der Waals surface area contributed by atoms with E-state index in [9.17, 15) is 0 Å². The van der Waals surface area contributed by atoms with Gasteiger partial charge in [0.1, 0.15) is 0 Å². The van der Waals surface area contributed by atoms with E-state index in [1.807, 2.05) is 0 Å². The third-order valence-corrected chi connectivity index (χ3v) is 1.20. The first-order valence-corrected chi connectivity index (χ1v) is 2.77. The molecule has 0 aromatic rings. The van der Waals surface area contributed by atoms with E-state index in [2.05, 4.69) is 0 Å². The van der Waals surface area contributed by atoms with Crippen molar-refractivity contribution < 1.29 is 10.3 Å². The van der Waals surface area contributed by atoms with E-state index in [1.54, 1.807) is 18.2 Å². The highest BCUT2D eigenvalue weighted by molar-refractivity contribution is 5.15. The van der Waals surface area contributed by atoms with Gasteiger partial charge < -0.3 is 5.11 Å². The van der Waals surface area contributed by atoms with Crippen LogP contribution in [0, 0.1) is 0 Å². The number of allylic oxidation sites excluding steroid dienone is 2. The minimum Gasteiger partial charge on any atom is -0.390 e. The maximum atomic E-state index is 8.92. The fourth-order valence-electron chi connectivity index (χ4n) is 0.677. The van der Waals surface area contributed by atoms with Crippen LogP contribution in [0.2, 0.25) is 0 Å². The van der Waals surface area contributed by atoms with E-state index in [1.165, 1.54) is 0 Å². The van der Waals surface area contributed by atoms with Gasteiger partial charge in [0.25, 0.3) is 0 Å². The average Bonchev–Trinajstić information content (AvgIpc) is 1.89. The van der Waals surface area contributed by atoms with Gasteiger partial charge in [-0.1, -0.05) is 12.2 Å². The summed E-state index contributed by atoms with van der Waals surface area (Å²) < 4.78 is 0. The molecule has 0 saturated carbocycles. The topological polar surface area (TPSA) is 43.7 Å². The van der Waals surface area contributed by atoms with Crippen molar-refractivity contribution >= 4 is 0 Å². The summed E-state index contributed by atoms with van der Waals surface area (Å²) in [4.78, 5) is 0. The Morgan fingerprint density at radius 1 is 1.67 bits per heavy atom. The van der Waals surface area contributed by atoms with Gasteiger partial charge in [-0.25, -0.2) is 0 Å². The fraction of sp³-hybridized carbons (Fsp3) is 0.333. The van der Waals surface area contributed by atoms with Gasteiger partial charge in [-0.2, -0.15) is 0 Å². The summed E-state index contributed by atoms with van der Waals surface area (Å²) in [6.45, 7) is 0.354. The highest BCUT2D eigenvalue weighted by Gasteiger charge is 2.04. The lowest BCUT2D eigenvalue weighted by Gasteiger charge is -2.18. The molecule has 0 unspecified atom stereocenters. The quantitative estimate of drug-likeness (QED) is 0.526. The first-order chi connectivity index (χ1) is 4.34. The molecule has 9 heavy (non-hydrogen) atoms. The second kappa shape index (κ2) is 2.66. The zero-order valence-corrected chi connectivity index (χ0v) is 4.99. The van der Waals surface area contributed by atoms with Crippen LogP contribution in [0.4, 0.5) is 0 Å². The van der Waals surface area contributed by atoms with Gasteiger partial charge in [0, 0.05) is 0 Å². The Bertz CT molecular complexity index is 151. The van der Waals surface area contributed by atoms with E-state index in [-0.39, 0.29) is 6.61 Å². The molecule has 0 aromatic carbocycles. The van der Waals surface area contributed by atoms with E-state index in [0.29, 0.717) is 12.2 Å². The predicted molar refractivity (Wildman–Crippen MR) is 32.8 cm³/mol. The number of aliphatic hydroxyl groups is 1. The van der Waals surface area contributed by atoms with Gasteiger partial charge in [0.15, 0.2) is 0 Å². The summed E-state index contributed by atoms with van der Waals surface area (Å²) in [5, 5.41) is 18.5. The molecule has 0 amide bonds. The van der Waals surface area contributed by atoms with Crippen LogP contribution < -0.4 is 0 Å². The Morgan fingerprint density at radius 2 is 2.44 bits per heavy atom. The highest BCUT2D eigenvalue weighted by Crippen LogP contribution is 2.04. The van der Waals surface area contributed by atoms with E-state index >= 15 is 0 Å². The molecule has 0 spiro atoms. The third kappa shape index (κ3) is 1.31. The molecule has 2 N–H and O–H groups in total. The number of rotatable bonds is 1. The molecule has 50 valence electrons. The van der Waals surface area contributed by atoms with Crippen LogP contribution >= 0.6 is 0 Å². The molecule has 0 saturated heterocycles. The molecule has 0 aliphatic carbocycles. The Morgan fingerprint density at radius 3 is 2.89 bits per heavy atom. The van der Waals surface area contributed by atoms with Crippen molar-refractivity contribution in [1.82, 2.24) is 5.06 Å². The van der Waals surface area contributed by atoms with E-state index < -0.39 is 0 Å². The van der Waals surface area contributed by atoms with Crippen LogP contribution in [-0.2, 0) is 0 Å². The van der Waals surface area contributed by atoms with Gasteiger partial charge in [0.2, 0.25) is 0 Å². The first kappa shape index (κ1) is 6.32. The number of hydrogen-bond acceptors (Lipinski definition) is 3. The number of aliphatic hydroxyl groups excluding tert-OH is 1. The molecule has 0 atom stereocenters. The number of nitrogens with zero attached hydrogens (tertiary/aromatic N) is 1. The second-order valence-corrected chi connectivity index (χ2v) is 1.83. The highest BCUT2D eigenvalue weighted by atomic mass is 16.5. The molecular weight excluding hydrogens is 118 g/mol. The minimum absolute atomic E-state index is 0.110. The lowest BCUT2D eigenvalue weighted by molar-refractivity contribution is -0.0543. The number of hydroxylamine groups is 2. The lowest BCUT2D eigenvalue weighted by Crippen LogP contribution is -2.22. The van der Waals surface area contributed by atoms with Crippen LogP contribution in [0.25, 0.3) is 0 Å². The molecule has 3 nitrogen and oxygen atoms in total. The third-order valence-electron chi connectivity index (χ3n) is 1.20. The van der Waals surface area contributed by atoms with Crippen LogP contribution in [0.15, 0.2) is 23.9 Å². The summed E-state index contributed by atoms with van der Waals surface area (Å²) in [7, 11) is 0. The van der Waals surface area contributed by atoms with Crippen LogP contribution in [0.3, 0.4) is 0 Å². The first-order valence-electron chi connectivity index (χ1n) is 2.77. The zero-order chi connectivity index (χ0) is 6.69. The van der Waals surface area contributed by atoms with Gasteiger partial charge in [-0.05, 0) is 6.08 Å². The summed E-state index contributed by atoms with van der Waals surface area (Å²) in [5.74, 6) is 0. The van der Waals surface area contributed by atoms with Crippen LogP contribution in [0.1, 0.15) is 0 Å². The van der Waals surface area contributed by atoms with Crippen molar-refractivity contribution in [1.29, 1.82) is 0 Å². The van der Waals surface area contributed by atoms with Gasteiger partial charge in [-0.3, -0.25) is 10.3 Å². The van der Waals surface area contributed by atoms with Gasteiger partial charge >= 0.3 is 0 Å². The molecule has 1 heterocycles. The molecule has 3 heteroatoms. The second-order valence-electron chi connectivity index (χ2n) is 1.83.